The predicted octanol–water partition coefficient (Wildman–Crippen LogP) is 6.69. The van der Waals surface area contributed by atoms with Crippen LogP contribution in [0.1, 0.15) is 28.1 Å². The number of hydrogen-bond donors (Lipinski definition) is 0. The van der Waals surface area contributed by atoms with Gasteiger partial charge >= 0.3 is 0 Å². The van der Waals surface area contributed by atoms with Crippen molar-refractivity contribution in [3.8, 4) is 28.2 Å². The second-order valence-corrected chi connectivity index (χ2v) is 7.80. The van der Waals surface area contributed by atoms with Crippen molar-refractivity contribution in [2.75, 3.05) is 0 Å². The first kappa shape index (κ1) is 19.6. The number of aryl methyl sites for hydroxylation is 5. The molecule has 0 aliphatic carbocycles. The van der Waals surface area contributed by atoms with Crippen molar-refractivity contribution >= 4 is 5.69 Å². The van der Waals surface area contributed by atoms with Gasteiger partial charge in [0.2, 0.25) is 0 Å². The van der Waals surface area contributed by atoms with Crippen molar-refractivity contribution in [2.24, 2.45) is 0 Å². The lowest BCUT2D eigenvalue weighted by Crippen LogP contribution is -2.05. The third kappa shape index (κ3) is 3.29. The minimum Gasteiger partial charge on any atom is -0.279 e. The average molecular weight is 393 g/mol. The molecule has 0 aliphatic rings. The second-order valence-electron chi connectivity index (χ2n) is 7.80. The molecule has 0 spiro atoms. The first-order valence-corrected chi connectivity index (χ1v) is 9.99. The van der Waals surface area contributed by atoms with Gasteiger partial charge in [0.25, 0.3) is 0 Å². The maximum atomic E-state index is 7.40. The van der Waals surface area contributed by atoms with Crippen LogP contribution in [0, 0.1) is 41.2 Å². The van der Waals surface area contributed by atoms with Crippen LogP contribution in [-0.2, 0) is 0 Å². The van der Waals surface area contributed by atoms with E-state index in [1.54, 1.807) is 0 Å². The summed E-state index contributed by atoms with van der Waals surface area (Å²) in [6.07, 6.45) is 0. The quantitative estimate of drug-likeness (QED) is 0.364. The van der Waals surface area contributed by atoms with Crippen LogP contribution in [0.5, 0.6) is 0 Å². The fourth-order valence-electron chi connectivity index (χ4n) is 4.18. The van der Waals surface area contributed by atoms with Gasteiger partial charge in [0, 0.05) is 5.56 Å². The van der Waals surface area contributed by atoms with Crippen LogP contribution in [0.25, 0.3) is 33.0 Å². The summed E-state index contributed by atoms with van der Waals surface area (Å²) in [6.45, 7) is 17.7. The zero-order valence-corrected chi connectivity index (χ0v) is 18.0. The Morgan fingerprint density at radius 3 is 1.77 bits per heavy atom. The molecule has 0 saturated carbocycles. The highest BCUT2D eigenvalue weighted by Gasteiger charge is 2.17. The summed E-state index contributed by atoms with van der Waals surface area (Å²) in [5, 5.41) is 8.81. The van der Waals surface area contributed by atoms with Crippen LogP contribution in [0.4, 0.5) is 5.69 Å². The van der Waals surface area contributed by atoms with Gasteiger partial charge in [0.05, 0.1) is 12.3 Å². The van der Waals surface area contributed by atoms with E-state index in [9.17, 15) is 0 Å². The Morgan fingerprint density at radius 1 is 0.700 bits per heavy atom. The monoisotopic (exact) mass is 392 g/mol. The molecule has 0 amide bonds. The predicted molar refractivity (Wildman–Crippen MR) is 122 cm³/mol. The Balaban J connectivity index is 1.87. The molecule has 0 radical (unpaired) electrons. The van der Waals surface area contributed by atoms with Gasteiger partial charge in [-0.3, -0.25) is 4.57 Å². The first-order chi connectivity index (χ1) is 14.4. The zero-order chi connectivity index (χ0) is 21.4. The van der Waals surface area contributed by atoms with Crippen LogP contribution < -0.4 is 0 Å². The molecule has 1 aromatic heterocycles. The van der Waals surface area contributed by atoms with Crippen LogP contribution in [0.3, 0.4) is 0 Å². The normalized spacial score (nSPS) is 10.8. The topological polar surface area (TPSA) is 35.1 Å². The molecule has 0 N–H and O–H groups in total. The molecule has 0 atom stereocenters. The molecule has 3 aromatic carbocycles. The van der Waals surface area contributed by atoms with Crippen LogP contribution in [0.15, 0.2) is 54.6 Å². The van der Waals surface area contributed by atoms with Gasteiger partial charge in [0.15, 0.2) is 11.5 Å². The standard InChI is InChI=1S/C26H24N4/c1-16-12-22(13-17(2)24(16)27-6)23-14-18(3)25(19(4)15-23)30-20(5)28-29-26(30)21-10-8-7-9-11-21/h7-15H,1-5H3. The number of hydrogen-bond acceptors (Lipinski definition) is 2. The number of nitrogens with zero attached hydrogens (tertiary/aromatic N) is 4. The zero-order valence-electron chi connectivity index (χ0n) is 18.0. The Hall–Kier alpha value is -3.71. The lowest BCUT2D eigenvalue weighted by Gasteiger charge is -2.17. The Bertz CT molecular complexity index is 1240. The molecular formula is C26H24N4. The largest absolute Gasteiger partial charge is 0.279 e. The molecule has 0 aliphatic heterocycles. The fraction of sp³-hybridized carbons (Fsp3) is 0.192. The van der Waals surface area contributed by atoms with Gasteiger partial charge in [-0.25, -0.2) is 4.85 Å². The maximum Gasteiger partial charge on any atom is 0.193 e. The van der Waals surface area contributed by atoms with Gasteiger partial charge in [-0.05, 0) is 80.1 Å². The summed E-state index contributed by atoms with van der Waals surface area (Å²) < 4.78 is 2.14. The average Bonchev–Trinajstić information content (AvgIpc) is 3.09. The molecule has 148 valence electrons. The van der Waals surface area contributed by atoms with Gasteiger partial charge in [-0.15, -0.1) is 10.2 Å². The lowest BCUT2D eigenvalue weighted by molar-refractivity contribution is 0.955. The summed E-state index contributed by atoms with van der Waals surface area (Å²) in [6, 6.07) is 18.8. The molecule has 30 heavy (non-hydrogen) atoms. The SMILES string of the molecule is [C-]#[N+]c1c(C)cc(-c2cc(C)c(-n3c(C)nnc3-c3ccccc3)c(C)c2)cc1C. The van der Waals surface area contributed by atoms with E-state index in [1.165, 1.54) is 0 Å². The van der Waals surface area contributed by atoms with E-state index in [2.05, 4.69) is 69.9 Å². The van der Waals surface area contributed by atoms with Gasteiger partial charge in [-0.2, -0.15) is 0 Å². The van der Waals surface area contributed by atoms with Crippen molar-refractivity contribution in [3.63, 3.8) is 0 Å². The molecule has 4 aromatic rings. The van der Waals surface area contributed by atoms with Gasteiger partial charge in [-0.1, -0.05) is 42.5 Å². The molecule has 4 nitrogen and oxygen atoms in total. The Morgan fingerprint density at radius 2 is 1.23 bits per heavy atom. The summed E-state index contributed by atoms with van der Waals surface area (Å²) in [5.74, 6) is 1.71. The van der Waals surface area contributed by atoms with Gasteiger partial charge in [0.1, 0.15) is 5.82 Å². The lowest BCUT2D eigenvalue weighted by atomic mass is 9.95. The van der Waals surface area contributed by atoms with Crippen LogP contribution in [-0.4, -0.2) is 14.8 Å². The number of aromatic nitrogens is 3. The molecule has 4 heteroatoms. The summed E-state index contributed by atoms with van der Waals surface area (Å²) in [4.78, 5) is 3.67. The molecule has 0 unspecified atom stereocenters. The van der Waals surface area contributed by atoms with Crippen molar-refractivity contribution < 1.29 is 0 Å². The molecule has 0 fully saturated rings. The maximum absolute atomic E-state index is 7.40. The Labute approximate surface area is 177 Å². The minimum absolute atomic E-state index is 0.747. The van der Waals surface area contributed by atoms with E-state index in [4.69, 9.17) is 6.57 Å². The summed E-state index contributed by atoms with van der Waals surface area (Å²) in [7, 11) is 0. The van der Waals surface area contributed by atoms with Crippen LogP contribution in [0.2, 0.25) is 0 Å². The van der Waals surface area contributed by atoms with Crippen molar-refractivity contribution in [2.45, 2.75) is 34.6 Å². The molecule has 1 heterocycles. The van der Waals surface area contributed by atoms with E-state index in [0.717, 1.165) is 62.0 Å². The second kappa shape index (κ2) is 7.61. The third-order valence-corrected chi connectivity index (χ3v) is 5.51. The van der Waals surface area contributed by atoms with Crippen LogP contribution >= 0.6 is 0 Å². The van der Waals surface area contributed by atoms with E-state index in [1.807, 2.05) is 39.0 Å². The summed E-state index contributed by atoms with van der Waals surface area (Å²) >= 11 is 0. The molecule has 4 rings (SSSR count). The molecule has 0 bridgehead atoms. The smallest absolute Gasteiger partial charge is 0.193 e. The van der Waals surface area contributed by atoms with Crippen molar-refractivity contribution in [1.29, 1.82) is 0 Å². The molecular weight excluding hydrogens is 368 g/mol. The number of rotatable bonds is 3. The highest BCUT2D eigenvalue weighted by atomic mass is 15.3. The third-order valence-electron chi connectivity index (χ3n) is 5.51. The minimum atomic E-state index is 0.747. The Kier molecular flexibility index (Phi) is 4.97. The van der Waals surface area contributed by atoms with E-state index < -0.39 is 0 Å². The van der Waals surface area contributed by atoms with E-state index in [0.29, 0.717) is 0 Å². The summed E-state index contributed by atoms with van der Waals surface area (Å²) in [5.41, 5.74) is 9.55. The van der Waals surface area contributed by atoms with Gasteiger partial charge < -0.3 is 0 Å². The first-order valence-electron chi connectivity index (χ1n) is 9.99. The number of benzene rings is 3. The highest BCUT2D eigenvalue weighted by Crippen LogP contribution is 2.34. The highest BCUT2D eigenvalue weighted by molar-refractivity contribution is 5.74. The van der Waals surface area contributed by atoms with Crippen molar-refractivity contribution in [1.82, 2.24) is 14.8 Å². The van der Waals surface area contributed by atoms with E-state index >= 15 is 0 Å². The molecule has 0 saturated heterocycles. The van der Waals surface area contributed by atoms with E-state index in [-0.39, 0.29) is 0 Å². The fourth-order valence-corrected chi connectivity index (χ4v) is 4.18. The van der Waals surface area contributed by atoms with Crippen molar-refractivity contribution in [3.05, 3.63) is 94.1 Å².